The van der Waals surface area contributed by atoms with Gasteiger partial charge in [0.1, 0.15) is 11.5 Å². The maximum Gasteiger partial charge on any atom is 0.119 e. The lowest BCUT2D eigenvalue weighted by atomic mass is 10.1. The van der Waals surface area contributed by atoms with Crippen molar-refractivity contribution >= 4 is 11.4 Å². The first kappa shape index (κ1) is 30.4. The number of rotatable bonds is 15. The van der Waals surface area contributed by atoms with Crippen molar-refractivity contribution in [2.45, 2.75) is 26.3 Å². The Morgan fingerprint density at radius 3 is 2.07 bits per heavy atom. The van der Waals surface area contributed by atoms with Crippen molar-refractivity contribution in [2.24, 2.45) is 0 Å². The third kappa shape index (κ3) is 9.19. The summed E-state index contributed by atoms with van der Waals surface area (Å²) in [4.78, 5) is 9.34. The van der Waals surface area contributed by atoms with Crippen LogP contribution in [0.15, 0.2) is 91.1 Å². The van der Waals surface area contributed by atoms with E-state index in [9.17, 15) is 0 Å². The molecule has 0 spiro atoms. The van der Waals surface area contributed by atoms with Crippen LogP contribution in [0.3, 0.4) is 0 Å². The van der Waals surface area contributed by atoms with Crippen LogP contribution in [0.2, 0.25) is 0 Å². The fourth-order valence-corrected chi connectivity index (χ4v) is 5.11. The van der Waals surface area contributed by atoms with E-state index in [-0.39, 0.29) is 0 Å². The summed E-state index contributed by atoms with van der Waals surface area (Å²) in [7, 11) is 3.37. The Morgan fingerprint density at radius 1 is 0.721 bits per heavy atom. The SMILES string of the molecule is COc1cccc(COCCOCc2cc(N(Cc3cccc(OC)c3)Cc3cccc(N4CCOCC4)c3)ccn2)c1. The molecule has 1 fully saturated rings. The summed E-state index contributed by atoms with van der Waals surface area (Å²) in [6.07, 6.45) is 1.86. The average molecular weight is 584 g/mol. The topological polar surface area (TPSA) is 65.5 Å². The van der Waals surface area contributed by atoms with Gasteiger partial charge in [-0.15, -0.1) is 0 Å². The molecule has 0 aliphatic carbocycles. The van der Waals surface area contributed by atoms with Gasteiger partial charge >= 0.3 is 0 Å². The molecule has 0 saturated carbocycles. The van der Waals surface area contributed by atoms with Crippen LogP contribution >= 0.6 is 0 Å². The second-order valence-electron chi connectivity index (χ2n) is 10.4. The minimum atomic E-state index is 0.413. The van der Waals surface area contributed by atoms with E-state index in [1.54, 1.807) is 14.2 Å². The molecular weight excluding hydrogens is 542 g/mol. The number of anilines is 2. The van der Waals surface area contributed by atoms with Crippen molar-refractivity contribution in [2.75, 3.05) is 63.5 Å². The molecule has 0 unspecified atom stereocenters. The van der Waals surface area contributed by atoms with Gasteiger partial charge in [-0.3, -0.25) is 4.98 Å². The van der Waals surface area contributed by atoms with Crippen LogP contribution in [-0.2, 0) is 40.5 Å². The Hall–Kier alpha value is -4.11. The Morgan fingerprint density at radius 2 is 1.35 bits per heavy atom. The second kappa shape index (κ2) is 15.9. The van der Waals surface area contributed by atoms with Crippen LogP contribution in [0.1, 0.15) is 22.4 Å². The van der Waals surface area contributed by atoms with Crippen LogP contribution in [-0.4, -0.2) is 58.7 Å². The molecule has 1 aromatic heterocycles. The zero-order chi connectivity index (χ0) is 29.7. The third-order valence-electron chi connectivity index (χ3n) is 7.36. The Bertz CT molecular complexity index is 1430. The minimum absolute atomic E-state index is 0.413. The van der Waals surface area contributed by atoms with Crippen LogP contribution in [0.25, 0.3) is 0 Å². The molecule has 1 saturated heterocycles. The summed E-state index contributed by atoms with van der Waals surface area (Å²) in [5, 5.41) is 0. The van der Waals surface area contributed by atoms with Crippen molar-refractivity contribution in [1.82, 2.24) is 4.98 Å². The molecule has 43 heavy (non-hydrogen) atoms. The van der Waals surface area contributed by atoms with Gasteiger partial charge in [0.2, 0.25) is 0 Å². The smallest absolute Gasteiger partial charge is 0.119 e. The second-order valence-corrected chi connectivity index (χ2v) is 10.4. The zero-order valence-corrected chi connectivity index (χ0v) is 25.1. The molecular formula is C35H41N3O5. The highest BCUT2D eigenvalue weighted by molar-refractivity contribution is 5.52. The molecule has 1 aliphatic rings. The summed E-state index contributed by atoms with van der Waals surface area (Å²) >= 11 is 0. The van der Waals surface area contributed by atoms with E-state index in [2.05, 4.69) is 63.3 Å². The number of pyridine rings is 1. The van der Waals surface area contributed by atoms with Gasteiger partial charge in [0, 0.05) is 43.8 Å². The maximum atomic E-state index is 5.92. The Balaban J connectivity index is 1.23. The predicted octanol–water partition coefficient (Wildman–Crippen LogP) is 5.88. The van der Waals surface area contributed by atoms with E-state index in [0.717, 1.165) is 67.8 Å². The van der Waals surface area contributed by atoms with Gasteiger partial charge in [-0.2, -0.15) is 0 Å². The van der Waals surface area contributed by atoms with E-state index in [4.69, 9.17) is 23.7 Å². The summed E-state index contributed by atoms with van der Waals surface area (Å²) in [5.41, 5.74) is 6.69. The first-order valence-electron chi connectivity index (χ1n) is 14.7. The van der Waals surface area contributed by atoms with Gasteiger partial charge < -0.3 is 33.5 Å². The number of ether oxygens (including phenoxy) is 5. The first-order valence-corrected chi connectivity index (χ1v) is 14.7. The molecule has 0 amide bonds. The van der Waals surface area contributed by atoms with Gasteiger partial charge in [0.05, 0.1) is 59.6 Å². The number of hydrogen-bond acceptors (Lipinski definition) is 8. The van der Waals surface area contributed by atoms with Crippen molar-refractivity contribution in [3.63, 3.8) is 0 Å². The molecule has 8 heteroatoms. The van der Waals surface area contributed by atoms with E-state index < -0.39 is 0 Å². The standard InChI is InChI=1S/C35H41N3O5/c1-39-34-10-4-7-29(21-34)25-38(24-28-6-3-9-32(20-28)37-14-16-41-17-15-37)33-12-13-36-31(23-33)27-43-19-18-42-26-30-8-5-11-35(22-30)40-2/h3-13,20-23H,14-19,24-27H2,1-2H3. The molecule has 4 aromatic rings. The fraction of sp³-hybridized carbons (Fsp3) is 0.343. The molecule has 226 valence electrons. The number of aromatic nitrogens is 1. The monoisotopic (exact) mass is 583 g/mol. The van der Waals surface area contributed by atoms with Gasteiger partial charge in [0.25, 0.3) is 0 Å². The molecule has 0 N–H and O–H groups in total. The van der Waals surface area contributed by atoms with Gasteiger partial charge in [-0.05, 0) is 65.2 Å². The van der Waals surface area contributed by atoms with E-state index in [1.165, 1.54) is 16.8 Å². The van der Waals surface area contributed by atoms with Crippen LogP contribution in [0, 0.1) is 0 Å². The number of benzene rings is 3. The van der Waals surface area contributed by atoms with Crippen LogP contribution in [0.5, 0.6) is 11.5 Å². The minimum Gasteiger partial charge on any atom is -0.497 e. The maximum absolute atomic E-state index is 5.92. The largest absolute Gasteiger partial charge is 0.497 e. The molecule has 3 aromatic carbocycles. The highest BCUT2D eigenvalue weighted by Crippen LogP contribution is 2.25. The lowest BCUT2D eigenvalue weighted by Gasteiger charge is -2.30. The highest BCUT2D eigenvalue weighted by Gasteiger charge is 2.14. The van der Waals surface area contributed by atoms with E-state index in [1.807, 2.05) is 42.6 Å². The number of morpholine rings is 1. The van der Waals surface area contributed by atoms with Gasteiger partial charge in [-0.25, -0.2) is 0 Å². The molecule has 1 aliphatic heterocycles. The molecule has 0 radical (unpaired) electrons. The van der Waals surface area contributed by atoms with Gasteiger partial charge in [0.15, 0.2) is 0 Å². The quantitative estimate of drug-likeness (QED) is 0.161. The molecule has 0 atom stereocenters. The predicted molar refractivity (Wildman–Crippen MR) is 169 cm³/mol. The lowest BCUT2D eigenvalue weighted by molar-refractivity contribution is 0.0328. The summed E-state index contributed by atoms with van der Waals surface area (Å²) in [6.45, 7) is 6.74. The zero-order valence-electron chi connectivity index (χ0n) is 25.1. The normalized spacial score (nSPS) is 13.1. The van der Waals surface area contributed by atoms with E-state index >= 15 is 0 Å². The third-order valence-corrected chi connectivity index (χ3v) is 7.36. The van der Waals surface area contributed by atoms with Crippen molar-refractivity contribution in [3.8, 4) is 11.5 Å². The Kier molecular flexibility index (Phi) is 11.2. The summed E-state index contributed by atoms with van der Waals surface area (Å²) in [5.74, 6) is 1.68. The van der Waals surface area contributed by atoms with Crippen LogP contribution < -0.4 is 19.3 Å². The average Bonchev–Trinajstić information content (AvgIpc) is 3.07. The molecule has 0 bridgehead atoms. The number of nitrogens with zero attached hydrogens (tertiary/aromatic N) is 3. The molecule has 8 nitrogen and oxygen atoms in total. The molecule has 5 rings (SSSR count). The van der Waals surface area contributed by atoms with E-state index in [0.29, 0.717) is 26.4 Å². The van der Waals surface area contributed by atoms with Crippen molar-refractivity contribution in [3.05, 3.63) is 114 Å². The fourth-order valence-electron chi connectivity index (χ4n) is 5.11. The highest BCUT2D eigenvalue weighted by atomic mass is 16.5. The van der Waals surface area contributed by atoms with Gasteiger partial charge in [-0.1, -0.05) is 36.4 Å². The van der Waals surface area contributed by atoms with Crippen molar-refractivity contribution < 1.29 is 23.7 Å². The first-order chi connectivity index (χ1) is 21.2. The number of hydrogen-bond donors (Lipinski definition) is 0. The van der Waals surface area contributed by atoms with Crippen molar-refractivity contribution in [1.29, 1.82) is 0 Å². The lowest BCUT2D eigenvalue weighted by Crippen LogP contribution is -2.36. The van der Waals surface area contributed by atoms with Crippen LogP contribution in [0.4, 0.5) is 11.4 Å². The number of methoxy groups -OCH3 is 2. The summed E-state index contributed by atoms with van der Waals surface area (Å²) in [6, 6.07) is 29.1. The Labute approximate surface area is 254 Å². The molecule has 2 heterocycles. The summed E-state index contributed by atoms with van der Waals surface area (Å²) < 4.78 is 28.0.